The van der Waals surface area contributed by atoms with E-state index in [-0.39, 0.29) is 22.9 Å². The second-order valence-corrected chi connectivity index (χ2v) is 8.59. The van der Waals surface area contributed by atoms with Gasteiger partial charge >= 0.3 is 5.97 Å². The van der Waals surface area contributed by atoms with Crippen molar-refractivity contribution in [2.24, 2.45) is 29.1 Å². The fourth-order valence-corrected chi connectivity index (χ4v) is 5.63. The van der Waals surface area contributed by atoms with E-state index in [1.807, 2.05) is 13.8 Å². The molecule has 3 aliphatic carbocycles. The van der Waals surface area contributed by atoms with Crippen LogP contribution in [-0.4, -0.2) is 11.6 Å². The molecule has 0 saturated heterocycles. The van der Waals surface area contributed by atoms with Gasteiger partial charge in [-0.15, -0.1) is 0 Å². The molecule has 0 aromatic carbocycles. The summed E-state index contributed by atoms with van der Waals surface area (Å²) in [4.78, 5) is 12.3. The SMILES string of the molecule is CCC(C)(OC(=O)C(C)C)C12CCC3CCC(CC3C1)C2. The van der Waals surface area contributed by atoms with E-state index in [1.54, 1.807) is 0 Å². The highest BCUT2D eigenvalue weighted by Gasteiger charge is 2.58. The molecule has 0 N–H and O–H groups in total. The van der Waals surface area contributed by atoms with E-state index in [0.717, 1.165) is 24.2 Å². The van der Waals surface area contributed by atoms with Crippen LogP contribution in [0.2, 0.25) is 0 Å². The van der Waals surface area contributed by atoms with Gasteiger partial charge in [0.15, 0.2) is 0 Å². The summed E-state index contributed by atoms with van der Waals surface area (Å²) in [6.07, 6.45) is 10.5. The van der Waals surface area contributed by atoms with Gasteiger partial charge in [-0.3, -0.25) is 4.79 Å². The molecular formula is C19H32O2. The van der Waals surface area contributed by atoms with Crippen molar-refractivity contribution < 1.29 is 9.53 Å². The highest BCUT2D eigenvalue weighted by molar-refractivity contribution is 5.72. The first kappa shape index (κ1) is 15.4. The molecule has 3 fully saturated rings. The van der Waals surface area contributed by atoms with E-state index in [1.165, 1.54) is 44.9 Å². The van der Waals surface area contributed by atoms with Gasteiger partial charge in [-0.1, -0.05) is 27.2 Å². The first-order valence-corrected chi connectivity index (χ1v) is 9.12. The van der Waals surface area contributed by atoms with Crippen molar-refractivity contribution in [3.05, 3.63) is 0 Å². The molecular weight excluding hydrogens is 260 g/mol. The van der Waals surface area contributed by atoms with Gasteiger partial charge in [0.2, 0.25) is 0 Å². The molecule has 0 radical (unpaired) electrons. The standard InChI is InChI=1S/C19H32O2/c1-5-18(4,21-17(20)13(2)3)19-9-8-15-7-6-14(11-19)10-16(15)12-19/h13-16H,5-12H2,1-4H3. The third-order valence-electron chi connectivity index (χ3n) is 7.17. The van der Waals surface area contributed by atoms with Crippen molar-refractivity contribution in [1.82, 2.24) is 0 Å². The van der Waals surface area contributed by atoms with Crippen LogP contribution in [0.5, 0.6) is 0 Å². The molecule has 3 saturated carbocycles. The number of hydrogen-bond acceptors (Lipinski definition) is 2. The maximum Gasteiger partial charge on any atom is 0.308 e. The summed E-state index contributed by atoms with van der Waals surface area (Å²) in [5, 5.41) is 0. The topological polar surface area (TPSA) is 26.3 Å². The van der Waals surface area contributed by atoms with Gasteiger partial charge in [0, 0.05) is 5.41 Å². The Morgan fingerprint density at radius 3 is 2.67 bits per heavy atom. The highest BCUT2D eigenvalue weighted by atomic mass is 16.6. The van der Waals surface area contributed by atoms with Gasteiger partial charge < -0.3 is 4.74 Å². The van der Waals surface area contributed by atoms with E-state index in [2.05, 4.69) is 13.8 Å². The van der Waals surface area contributed by atoms with Crippen molar-refractivity contribution in [3.8, 4) is 0 Å². The molecule has 5 atom stereocenters. The third kappa shape index (κ3) is 2.43. The lowest BCUT2D eigenvalue weighted by Gasteiger charge is -2.60. The largest absolute Gasteiger partial charge is 0.459 e. The van der Waals surface area contributed by atoms with Crippen molar-refractivity contribution in [2.45, 2.75) is 84.7 Å². The lowest BCUT2D eigenvalue weighted by atomic mass is 9.47. The Labute approximate surface area is 130 Å². The molecule has 0 aliphatic heterocycles. The maximum atomic E-state index is 12.3. The molecule has 21 heavy (non-hydrogen) atoms. The quantitative estimate of drug-likeness (QED) is 0.684. The summed E-state index contributed by atoms with van der Waals surface area (Å²) in [5.41, 5.74) is 0.00435. The van der Waals surface area contributed by atoms with Crippen molar-refractivity contribution in [1.29, 1.82) is 0 Å². The van der Waals surface area contributed by atoms with Gasteiger partial charge in [-0.2, -0.15) is 0 Å². The van der Waals surface area contributed by atoms with Gasteiger partial charge in [-0.25, -0.2) is 0 Å². The Hall–Kier alpha value is -0.530. The van der Waals surface area contributed by atoms with Crippen LogP contribution in [-0.2, 0) is 9.53 Å². The van der Waals surface area contributed by atoms with Crippen molar-refractivity contribution in [3.63, 3.8) is 0 Å². The Bertz CT molecular complexity index is 412. The monoisotopic (exact) mass is 292 g/mol. The minimum Gasteiger partial charge on any atom is -0.459 e. The minimum atomic E-state index is -0.256. The Morgan fingerprint density at radius 2 is 2.00 bits per heavy atom. The molecule has 0 heterocycles. The molecule has 0 amide bonds. The lowest BCUT2D eigenvalue weighted by molar-refractivity contribution is -0.201. The zero-order valence-corrected chi connectivity index (χ0v) is 14.3. The predicted molar refractivity (Wildman–Crippen MR) is 84.8 cm³/mol. The molecule has 0 spiro atoms. The fraction of sp³-hybridized carbons (Fsp3) is 0.947. The number of esters is 1. The summed E-state index contributed by atoms with van der Waals surface area (Å²) in [7, 11) is 0. The number of hydrogen-bond donors (Lipinski definition) is 0. The predicted octanol–water partition coefficient (Wildman–Crippen LogP) is 4.96. The summed E-state index contributed by atoms with van der Waals surface area (Å²) >= 11 is 0. The van der Waals surface area contributed by atoms with E-state index in [0.29, 0.717) is 0 Å². The van der Waals surface area contributed by atoms with Crippen LogP contribution in [0.25, 0.3) is 0 Å². The number of ether oxygens (including phenoxy) is 1. The first-order valence-electron chi connectivity index (χ1n) is 9.12. The first-order chi connectivity index (χ1) is 9.89. The van der Waals surface area contributed by atoms with Gasteiger partial charge in [0.25, 0.3) is 0 Å². The second kappa shape index (κ2) is 5.28. The van der Waals surface area contributed by atoms with E-state index >= 15 is 0 Å². The van der Waals surface area contributed by atoms with Crippen LogP contribution in [0.4, 0.5) is 0 Å². The Balaban J connectivity index is 1.87. The molecule has 2 heteroatoms. The number of carbonyl (C=O) groups is 1. The smallest absolute Gasteiger partial charge is 0.308 e. The zero-order valence-electron chi connectivity index (χ0n) is 14.3. The maximum absolute atomic E-state index is 12.3. The second-order valence-electron chi connectivity index (χ2n) is 8.59. The molecule has 120 valence electrons. The van der Waals surface area contributed by atoms with E-state index in [9.17, 15) is 4.79 Å². The Morgan fingerprint density at radius 1 is 1.24 bits per heavy atom. The number of rotatable bonds is 4. The van der Waals surface area contributed by atoms with Crippen LogP contribution in [0.1, 0.15) is 79.1 Å². The van der Waals surface area contributed by atoms with Crippen LogP contribution >= 0.6 is 0 Å². The minimum absolute atomic E-state index is 0.00780. The molecule has 3 aliphatic rings. The summed E-state index contributed by atoms with van der Waals surface area (Å²) in [6, 6.07) is 0. The summed E-state index contributed by atoms with van der Waals surface area (Å²) < 4.78 is 6.13. The normalized spacial score (nSPS) is 40.9. The van der Waals surface area contributed by atoms with Gasteiger partial charge in [-0.05, 0) is 69.6 Å². The molecule has 3 rings (SSSR count). The highest BCUT2D eigenvalue weighted by Crippen LogP contribution is 2.63. The number of carbonyl (C=O) groups excluding carboxylic acids is 1. The Kier molecular flexibility index (Phi) is 3.86. The molecule has 5 unspecified atom stereocenters. The van der Waals surface area contributed by atoms with Crippen LogP contribution < -0.4 is 0 Å². The lowest BCUT2D eigenvalue weighted by Crippen LogP contribution is -2.57. The fourth-order valence-electron chi connectivity index (χ4n) is 5.63. The third-order valence-corrected chi connectivity index (χ3v) is 7.17. The summed E-state index contributed by atoms with van der Waals surface area (Å²) in [6.45, 7) is 8.33. The van der Waals surface area contributed by atoms with Crippen LogP contribution in [0.3, 0.4) is 0 Å². The average molecular weight is 292 g/mol. The van der Waals surface area contributed by atoms with Gasteiger partial charge in [0.05, 0.1) is 5.92 Å². The number of fused-ring (bicyclic) bond motifs is 2. The van der Waals surface area contributed by atoms with Crippen molar-refractivity contribution >= 4 is 5.97 Å². The average Bonchev–Trinajstić information content (AvgIpc) is 2.44. The van der Waals surface area contributed by atoms with Gasteiger partial charge in [0.1, 0.15) is 5.60 Å². The van der Waals surface area contributed by atoms with Crippen LogP contribution in [0, 0.1) is 29.1 Å². The molecule has 3 bridgehead atoms. The van der Waals surface area contributed by atoms with Crippen LogP contribution in [0.15, 0.2) is 0 Å². The molecule has 0 aromatic heterocycles. The zero-order chi connectivity index (χ0) is 15.3. The van der Waals surface area contributed by atoms with E-state index < -0.39 is 0 Å². The molecule has 2 nitrogen and oxygen atoms in total. The van der Waals surface area contributed by atoms with Crippen molar-refractivity contribution in [2.75, 3.05) is 0 Å². The molecule has 0 aromatic rings. The van der Waals surface area contributed by atoms with E-state index in [4.69, 9.17) is 4.74 Å². The summed E-state index contributed by atoms with van der Waals surface area (Å²) in [5.74, 6) is 2.74.